The summed E-state index contributed by atoms with van der Waals surface area (Å²) in [6.07, 6.45) is 1.70. The highest BCUT2D eigenvalue weighted by Gasteiger charge is 2.28. The molecule has 174 valence electrons. The molecule has 0 fully saturated rings. The lowest BCUT2D eigenvalue weighted by Gasteiger charge is -2.18. The quantitative estimate of drug-likeness (QED) is 0.385. The van der Waals surface area contributed by atoms with Crippen molar-refractivity contribution in [2.24, 2.45) is 0 Å². The van der Waals surface area contributed by atoms with Crippen LogP contribution in [0.25, 0.3) is 21.1 Å². The minimum Gasteiger partial charge on any atom is -0.419 e. The van der Waals surface area contributed by atoms with Gasteiger partial charge >= 0.3 is 0 Å². The van der Waals surface area contributed by atoms with Gasteiger partial charge in [-0.05, 0) is 30.7 Å². The Labute approximate surface area is 202 Å². The number of benzene rings is 1. The van der Waals surface area contributed by atoms with Crippen molar-refractivity contribution in [1.29, 1.82) is 0 Å². The second-order valence-electron chi connectivity index (χ2n) is 8.24. The third-order valence-electron chi connectivity index (χ3n) is 5.75. The number of rotatable bonds is 2. The maximum Gasteiger partial charge on any atom is 0.263 e. The number of carbonyl (C=O) groups is 1. The van der Waals surface area contributed by atoms with Crippen LogP contribution in [-0.4, -0.2) is 52.6 Å². The van der Waals surface area contributed by atoms with E-state index in [-0.39, 0.29) is 46.9 Å². The molecule has 0 unspecified atom stereocenters. The lowest BCUT2D eigenvalue weighted by Crippen LogP contribution is -2.34. The van der Waals surface area contributed by atoms with Crippen LogP contribution in [0.4, 0.5) is 5.69 Å². The van der Waals surface area contributed by atoms with Gasteiger partial charge in [0.05, 0.1) is 45.7 Å². The predicted molar refractivity (Wildman–Crippen MR) is 129 cm³/mol. The molecule has 0 saturated heterocycles. The molecule has 34 heavy (non-hydrogen) atoms. The lowest BCUT2D eigenvalue weighted by atomic mass is 10.1. The number of halogens is 1. The number of sulfone groups is 1. The fourth-order valence-corrected chi connectivity index (χ4v) is 6.82. The molecule has 0 spiro atoms. The number of hydrogen-bond donors (Lipinski definition) is 2. The number of aromatic nitrogens is 4. The molecule has 3 aromatic heterocycles. The van der Waals surface area contributed by atoms with Crippen LogP contribution < -0.4 is 15.4 Å². The Balaban J connectivity index is 1.43. The Morgan fingerprint density at radius 1 is 1.24 bits per heavy atom. The summed E-state index contributed by atoms with van der Waals surface area (Å²) < 4.78 is 31.1. The number of fused-ring (bicyclic) bond motifs is 6. The zero-order valence-electron chi connectivity index (χ0n) is 17.8. The molecule has 0 saturated carbocycles. The number of aryl methyl sites for hydroxylation is 1. The van der Waals surface area contributed by atoms with Crippen molar-refractivity contribution in [3.05, 3.63) is 39.7 Å². The van der Waals surface area contributed by atoms with Crippen molar-refractivity contribution in [2.75, 3.05) is 17.6 Å². The first kappa shape index (κ1) is 21.4. The van der Waals surface area contributed by atoms with E-state index in [0.29, 0.717) is 33.7 Å². The van der Waals surface area contributed by atoms with Crippen molar-refractivity contribution >= 4 is 65.5 Å². The molecule has 4 aromatic rings. The van der Waals surface area contributed by atoms with E-state index in [2.05, 4.69) is 30.6 Å². The molecule has 6 rings (SSSR count). The van der Waals surface area contributed by atoms with Gasteiger partial charge in [-0.25, -0.2) is 23.4 Å². The summed E-state index contributed by atoms with van der Waals surface area (Å²) in [6, 6.07) is 3.70. The zero-order chi connectivity index (χ0) is 23.6. The molecule has 1 atom stereocenters. The Morgan fingerprint density at radius 3 is 2.94 bits per heavy atom. The van der Waals surface area contributed by atoms with Gasteiger partial charge in [0, 0.05) is 29.1 Å². The van der Waals surface area contributed by atoms with E-state index >= 15 is 0 Å². The Kier molecular flexibility index (Phi) is 4.87. The molecule has 13 heteroatoms. The Hall–Kier alpha value is -3.09. The minimum atomic E-state index is -3.27. The van der Waals surface area contributed by atoms with Crippen LogP contribution in [0, 0.1) is 0 Å². The van der Waals surface area contributed by atoms with Crippen molar-refractivity contribution in [1.82, 2.24) is 25.3 Å². The van der Waals surface area contributed by atoms with Gasteiger partial charge < -0.3 is 15.4 Å². The summed E-state index contributed by atoms with van der Waals surface area (Å²) >= 11 is 7.44. The molecule has 2 N–H and O–H groups in total. The summed E-state index contributed by atoms with van der Waals surface area (Å²) in [6.45, 7) is 2.53. The lowest BCUT2D eigenvalue weighted by molar-refractivity contribution is 0.0949. The molecule has 2 aliphatic heterocycles. The van der Waals surface area contributed by atoms with Gasteiger partial charge in [0.1, 0.15) is 4.88 Å². The molecule has 0 aliphatic carbocycles. The molecule has 2 aliphatic rings. The van der Waals surface area contributed by atoms with Gasteiger partial charge in [-0.1, -0.05) is 0 Å². The van der Waals surface area contributed by atoms with Gasteiger partial charge in [0.15, 0.2) is 9.84 Å². The van der Waals surface area contributed by atoms with Crippen LogP contribution in [0.5, 0.6) is 11.8 Å². The first-order valence-electron chi connectivity index (χ1n) is 10.5. The molecule has 5 heterocycles. The van der Waals surface area contributed by atoms with Gasteiger partial charge in [0.25, 0.3) is 5.91 Å². The average molecular weight is 517 g/mol. The largest absolute Gasteiger partial charge is 0.419 e. The van der Waals surface area contributed by atoms with Crippen LogP contribution in [0.1, 0.15) is 27.9 Å². The van der Waals surface area contributed by atoms with Crippen LogP contribution in [0.15, 0.2) is 18.3 Å². The van der Waals surface area contributed by atoms with Crippen LogP contribution in [-0.2, 0) is 22.0 Å². The summed E-state index contributed by atoms with van der Waals surface area (Å²) in [4.78, 5) is 30.6. The second-order valence-corrected chi connectivity index (χ2v) is 11.8. The third kappa shape index (κ3) is 3.62. The maximum absolute atomic E-state index is 12.6. The summed E-state index contributed by atoms with van der Waals surface area (Å²) in [5, 5.41) is 7.13. The van der Waals surface area contributed by atoms with Crippen LogP contribution in [0.3, 0.4) is 0 Å². The summed E-state index contributed by atoms with van der Waals surface area (Å²) in [5.41, 5.74) is 2.88. The van der Waals surface area contributed by atoms with E-state index in [0.717, 1.165) is 15.8 Å². The minimum absolute atomic E-state index is 0.00218. The zero-order valence-corrected chi connectivity index (χ0v) is 20.1. The SMILES string of the molecule is C[C@@H]1CNc2c(sc3ccc4nc(Oc5nc(Cl)nc6c5CS(=O)(=O)CC6)cnc4c23)C(=O)N1. The van der Waals surface area contributed by atoms with Gasteiger partial charge in [-0.15, -0.1) is 11.3 Å². The van der Waals surface area contributed by atoms with Crippen LogP contribution in [0.2, 0.25) is 5.28 Å². The molecule has 0 bridgehead atoms. The smallest absolute Gasteiger partial charge is 0.263 e. The van der Waals surface area contributed by atoms with E-state index < -0.39 is 9.84 Å². The van der Waals surface area contributed by atoms with Crippen molar-refractivity contribution in [3.63, 3.8) is 0 Å². The van der Waals surface area contributed by atoms with Gasteiger partial charge in [-0.2, -0.15) is 4.98 Å². The topological polar surface area (TPSA) is 136 Å². The Bertz CT molecular complexity index is 1620. The number of anilines is 1. The predicted octanol–water partition coefficient (Wildman–Crippen LogP) is 3.09. The van der Waals surface area contributed by atoms with Gasteiger partial charge in [0.2, 0.25) is 17.0 Å². The van der Waals surface area contributed by atoms with E-state index in [1.807, 2.05) is 13.0 Å². The fraction of sp³-hybridized carbons (Fsp3) is 0.286. The van der Waals surface area contributed by atoms with Crippen molar-refractivity contribution < 1.29 is 17.9 Å². The van der Waals surface area contributed by atoms with Gasteiger partial charge in [-0.3, -0.25) is 4.79 Å². The van der Waals surface area contributed by atoms with E-state index in [1.165, 1.54) is 17.5 Å². The highest BCUT2D eigenvalue weighted by Crippen LogP contribution is 2.40. The van der Waals surface area contributed by atoms with E-state index in [1.54, 1.807) is 6.07 Å². The number of nitrogens with one attached hydrogen (secondary N) is 2. The van der Waals surface area contributed by atoms with E-state index in [4.69, 9.17) is 16.3 Å². The Morgan fingerprint density at radius 2 is 2.09 bits per heavy atom. The van der Waals surface area contributed by atoms with Crippen molar-refractivity contribution in [3.8, 4) is 11.8 Å². The highest BCUT2D eigenvalue weighted by atomic mass is 35.5. The fourth-order valence-electron chi connectivity index (χ4n) is 4.18. The molecular formula is C21H17ClN6O4S2. The van der Waals surface area contributed by atoms with Crippen LogP contribution >= 0.6 is 22.9 Å². The average Bonchev–Trinajstić information content (AvgIpc) is 3.10. The molecule has 1 aromatic carbocycles. The number of carbonyl (C=O) groups excluding carboxylic acids is 1. The summed E-state index contributed by atoms with van der Waals surface area (Å²) in [5.74, 6) is -0.120. The third-order valence-corrected chi connectivity index (χ3v) is 8.63. The first-order valence-corrected chi connectivity index (χ1v) is 13.5. The molecule has 1 amide bonds. The molecule has 0 radical (unpaired) electrons. The normalized spacial score (nSPS) is 19.1. The van der Waals surface area contributed by atoms with E-state index in [9.17, 15) is 13.2 Å². The van der Waals surface area contributed by atoms with Crippen molar-refractivity contribution in [2.45, 2.75) is 25.1 Å². The number of thiophene rings is 1. The number of amides is 1. The maximum atomic E-state index is 12.6. The first-order chi connectivity index (χ1) is 16.3. The number of ether oxygens (including phenoxy) is 1. The number of nitrogens with zero attached hydrogens (tertiary/aromatic N) is 4. The highest BCUT2D eigenvalue weighted by molar-refractivity contribution is 7.90. The monoisotopic (exact) mass is 516 g/mol. The summed E-state index contributed by atoms with van der Waals surface area (Å²) in [7, 11) is -3.27. The number of hydrogen-bond acceptors (Lipinski definition) is 10. The second kappa shape index (κ2) is 7.72. The molecular weight excluding hydrogens is 500 g/mol. The molecule has 10 nitrogen and oxygen atoms in total. The standard InChI is InChI=1S/C21H17ClN6O4S2/c1-9-6-23-17-15-13(33-18(17)19(29)25-9)3-2-12-16(15)24-7-14(26-12)32-20-10-8-34(30,31)5-4-11(10)27-21(22)28-20/h2-3,7,9,23H,4-6,8H2,1H3,(H,25,29)/t9-/m1/s1.